The van der Waals surface area contributed by atoms with Crippen LogP contribution in [0.3, 0.4) is 0 Å². The van der Waals surface area contributed by atoms with Crippen molar-refractivity contribution >= 4 is 26.8 Å². The Hall–Kier alpha value is -0.960. The summed E-state index contributed by atoms with van der Waals surface area (Å²) in [7, 11) is 0. The van der Waals surface area contributed by atoms with Gasteiger partial charge in [0.25, 0.3) is 0 Å². The third-order valence-corrected chi connectivity index (χ3v) is 2.50. The van der Waals surface area contributed by atoms with Crippen LogP contribution in [0.25, 0.3) is 10.9 Å². The Balaban J connectivity index is 2.66. The first-order chi connectivity index (χ1) is 6.29. The highest BCUT2D eigenvalue weighted by Gasteiger charge is 1.98. The van der Waals surface area contributed by atoms with Crippen molar-refractivity contribution in [2.45, 2.75) is 5.33 Å². The van der Waals surface area contributed by atoms with Crippen molar-refractivity contribution in [3.05, 3.63) is 41.8 Å². The number of fused-ring (bicyclic) bond motifs is 1. The topological polar surface area (TPSA) is 12.9 Å². The lowest BCUT2D eigenvalue weighted by Crippen LogP contribution is -1.84. The average Bonchev–Trinajstić information content (AvgIpc) is 2.17. The zero-order valence-electron chi connectivity index (χ0n) is 6.80. The van der Waals surface area contributed by atoms with Gasteiger partial charge in [0, 0.05) is 23.0 Å². The molecule has 0 aliphatic heterocycles. The van der Waals surface area contributed by atoms with Gasteiger partial charge in [-0.2, -0.15) is 0 Å². The van der Waals surface area contributed by atoms with E-state index in [1.165, 1.54) is 12.1 Å². The van der Waals surface area contributed by atoms with E-state index in [0.29, 0.717) is 5.52 Å². The highest BCUT2D eigenvalue weighted by molar-refractivity contribution is 9.08. The first kappa shape index (κ1) is 8.63. The van der Waals surface area contributed by atoms with E-state index in [1.807, 2.05) is 6.07 Å². The van der Waals surface area contributed by atoms with Crippen LogP contribution in [-0.2, 0) is 5.33 Å². The summed E-state index contributed by atoms with van der Waals surface area (Å²) in [6, 6.07) is 6.62. The van der Waals surface area contributed by atoms with Crippen molar-refractivity contribution in [3.8, 4) is 0 Å². The first-order valence-corrected chi connectivity index (χ1v) is 5.02. The number of alkyl halides is 1. The van der Waals surface area contributed by atoms with Gasteiger partial charge in [-0.05, 0) is 23.8 Å². The summed E-state index contributed by atoms with van der Waals surface area (Å²) in [5.74, 6) is -0.244. The van der Waals surface area contributed by atoms with Crippen molar-refractivity contribution < 1.29 is 4.39 Å². The van der Waals surface area contributed by atoms with Gasteiger partial charge in [-0.1, -0.05) is 15.9 Å². The number of pyridine rings is 1. The lowest BCUT2D eigenvalue weighted by atomic mass is 10.2. The molecule has 0 fully saturated rings. The molecule has 2 aromatic rings. The molecular weight excluding hydrogens is 233 g/mol. The van der Waals surface area contributed by atoms with Crippen LogP contribution < -0.4 is 0 Å². The predicted octanol–water partition coefficient (Wildman–Crippen LogP) is 3.27. The molecule has 0 atom stereocenters. The fourth-order valence-corrected chi connectivity index (χ4v) is 1.52. The summed E-state index contributed by atoms with van der Waals surface area (Å²) >= 11 is 3.34. The molecule has 1 heterocycles. The average molecular weight is 240 g/mol. The Kier molecular flexibility index (Phi) is 2.27. The lowest BCUT2D eigenvalue weighted by Gasteiger charge is -1.99. The molecular formula is C10H7BrFN. The zero-order chi connectivity index (χ0) is 9.26. The Morgan fingerprint density at radius 3 is 2.92 bits per heavy atom. The molecule has 0 saturated heterocycles. The molecule has 13 heavy (non-hydrogen) atoms. The van der Waals surface area contributed by atoms with Gasteiger partial charge in [0.2, 0.25) is 0 Å². The van der Waals surface area contributed by atoms with Gasteiger partial charge >= 0.3 is 0 Å². The minimum absolute atomic E-state index is 0.244. The summed E-state index contributed by atoms with van der Waals surface area (Å²) in [6.45, 7) is 0. The highest BCUT2D eigenvalue weighted by atomic mass is 79.9. The number of hydrogen-bond acceptors (Lipinski definition) is 1. The summed E-state index contributed by atoms with van der Waals surface area (Å²) in [5.41, 5.74) is 1.80. The molecule has 1 nitrogen and oxygen atoms in total. The predicted molar refractivity (Wildman–Crippen MR) is 54.3 cm³/mol. The highest BCUT2D eigenvalue weighted by Crippen LogP contribution is 2.15. The maximum absolute atomic E-state index is 12.8. The molecule has 1 aromatic carbocycles. The van der Waals surface area contributed by atoms with Gasteiger partial charge < -0.3 is 0 Å². The fourth-order valence-electron chi connectivity index (χ4n) is 1.21. The van der Waals surface area contributed by atoms with Crippen molar-refractivity contribution in [2.75, 3.05) is 0 Å². The quantitative estimate of drug-likeness (QED) is 0.697. The smallest absolute Gasteiger partial charge is 0.125 e. The van der Waals surface area contributed by atoms with Gasteiger partial charge in [-0.3, -0.25) is 4.98 Å². The molecule has 0 radical (unpaired) electrons. The van der Waals surface area contributed by atoms with Gasteiger partial charge in [-0.15, -0.1) is 0 Å². The van der Waals surface area contributed by atoms with Crippen molar-refractivity contribution in [1.82, 2.24) is 4.98 Å². The fraction of sp³-hybridized carbons (Fsp3) is 0.100. The molecule has 0 unspecified atom stereocenters. The third-order valence-electron chi connectivity index (χ3n) is 1.86. The molecule has 0 saturated carbocycles. The van der Waals surface area contributed by atoms with Crippen LogP contribution in [-0.4, -0.2) is 4.98 Å². The van der Waals surface area contributed by atoms with Crippen LogP contribution in [0.2, 0.25) is 0 Å². The number of benzene rings is 1. The van der Waals surface area contributed by atoms with E-state index >= 15 is 0 Å². The molecule has 0 amide bonds. The van der Waals surface area contributed by atoms with Crippen molar-refractivity contribution in [3.63, 3.8) is 0 Å². The van der Waals surface area contributed by atoms with E-state index in [1.54, 1.807) is 12.3 Å². The maximum Gasteiger partial charge on any atom is 0.125 e. The molecule has 0 N–H and O–H groups in total. The molecule has 0 aliphatic rings. The molecule has 0 aliphatic carbocycles. The Morgan fingerprint density at radius 2 is 2.15 bits per heavy atom. The van der Waals surface area contributed by atoms with Crippen LogP contribution >= 0.6 is 15.9 Å². The lowest BCUT2D eigenvalue weighted by molar-refractivity contribution is 0.629. The molecule has 2 rings (SSSR count). The summed E-state index contributed by atoms with van der Waals surface area (Å²) < 4.78 is 12.8. The van der Waals surface area contributed by atoms with Gasteiger partial charge in [-0.25, -0.2) is 4.39 Å². The van der Waals surface area contributed by atoms with Gasteiger partial charge in [0.15, 0.2) is 0 Å². The molecule has 1 aromatic heterocycles. The summed E-state index contributed by atoms with van der Waals surface area (Å²) in [6.07, 6.45) is 1.75. The second-order valence-electron chi connectivity index (χ2n) is 2.81. The minimum Gasteiger partial charge on any atom is -0.256 e. The molecule has 0 bridgehead atoms. The normalized spacial score (nSPS) is 10.6. The molecule has 0 spiro atoms. The molecule has 66 valence electrons. The number of halogens is 2. The SMILES string of the molecule is Fc1ccc2cc(CBr)cnc2c1. The zero-order valence-corrected chi connectivity index (χ0v) is 8.38. The minimum atomic E-state index is -0.244. The second kappa shape index (κ2) is 3.42. The summed E-state index contributed by atoms with van der Waals surface area (Å²) in [5, 5.41) is 1.74. The standard InChI is InChI=1S/C10H7BrFN/c11-5-7-3-8-1-2-9(12)4-10(8)13-6-7/h1-4,6H,5H2. The van der Waals surface area contributed by atoms with E-state index in [9.17, 15) is 4.39 Å². The van der Waals surface area contributed by atoms with E-state index in [-0.39, 0.29) is 5.82 Å². The van der Waals surface area contributed by atoms with Gasteiger partial charge in [0.05, 0.1) is 5.52 Å². The number of aromatic nitrogens is 1. The number of rotatable bonds is 1. The number of hydrogen-bond donors (Lipinski definition) is 0. The van der Waals surface area contributed by atoms with E-state index in [0.717, 1.165) is 16.3 Å². The van der Waals surface area contributed by atoms with E-state index in [4.69, 9.17) is 0 Å². The number of nitrogens with zero attached hydrogens (tertiary/aromatic N) is 1. The van der Waals surface area contributed by atoms with Crippen LogP contribution in [0.4, 0.5) is 4.39 Å². The van der Waals surface area contributed by atoms with Crippen LogP contribution in [0.5, 0.6) is 0 Å². The Morgan fingerprint density at radius 1 is 1.31 bits per heavy atom. The van der Waals surface area contributed by atoms with Crippen LogP contribution in [0.1, 0.15) is 5.56 Å². The second-order valence-corrected chi connectivity index (χ2v) is 3.37. The Bertz CT molecular complexity index is 442. The van der Waals surface area contributed by atoms with E-state index < -0.39 is 0 Å². The molecule has 3 heteroatoms. The summed E-state index contributed by atoms with van der Waals surface area (Å²) in [4.78, 5) is 4.14. The van der Waals surface area contributed by atoms with Crippen LogP contribution in [0.15, 0.2) is 30.5 Å². The monoisotopic (exact) mass is 239 g/mol. The van der Waals surface area contributed by atoms with Crippen molar-refractivity contribution in [1.29, 1.82) is 0 Å². The third kappa shape index (κ3) is 1.70. The van der Waals surface area contributed by atoms with Crippen LogP contribution in [0, 0.1) is 5.82 Å². The Labute approximate surface area is 83.7 Å². The largest absolute Gasteiger partial charge is 0.256 e. The van der Waals surface area contributed by atoms with Gasteiger partial charge in [0.1, 0.15) is 5.82 Å². The maximum atomic E-state index is 12.8. The first-order valence-electron chi connectivity index (χ1n) is 3.90. The van der Waals surface area contributed by atoms with Crippen molar-refractivity contribution in [2.24, 2.45) is 0 Å². The van der Waals surface area contributed by atoms with E-state index in [2.05, 4.69) is 20.9 Å².